The van der Waals surface area contributed by atoms with Gasteiger partial charge in [-0.3, -0.25) is 4.57 Å². The molecule has 1 aliphatic heterocycles. The predicted octanol–water partition coefficient (Wildman–Crippen LogP) is -1.17. The first-order chi connectivity index (χ1) is 11.6. The number of rotatable bonds is 5. The average Bonchev–Trinajstić information content (AvgIpc) is 3.10. The van der Waals surface area contributed by atoms with Crippen LogP contribution in [0.4, 0.5) is 11.8 Å². The van der Waals surface area contributed by atoms with E-state index in [0.29, 0.717) is 11.2 Å². The fourth-order valence-corrected chi connectivity index (χ4v) is 2.48. The molecule has 24 heavy (non-hydrogen) atoms. The second-order valence-corrected chi connectivity index (χ2v) is 5.32. The van der Waals surface area contributed by atoms with Crippen molar-refractivity contribution < 1.29 is 20.1 Å². The van der Waals surface area contributed by atoms with E-state index < -0.39 is 31.1 Å². The molecule has 1 saturated heterocycles. The van der Waals surface area contributed by atoms with Gasteiger partial charge in [0.25, 0.3) is 0 Å². The number of hydrogen-bond donors (Lipinski definition) is 5. The molecule has 0 spiro atoms. The zero-order valence-electron chi connectivity index (χ0n) is 12.9. The van der Waals surface area contributed by atoms with Gasteiger partial charge in [0.1, 0.15) is 23.8 Å². The first kappa shape index (κ1) is 16.5. The Morgan fingerprint density at radius 1 is 1.42 bits per heavy atom. The Morgan fingerprint density at radius 2 is 2.21 bits per heavy atom. The lowest BCUT2D eigenvalue weighted by atomic mass is 10.1. The third-order valence-corrected chi connectivity index (χ3v) is 3.68. The molecule has 2 aromatic heterocycles. The number of nitrogens with one attached hydrogen (secondary N) is 1. The fourth-order valence-electron chi connectivity index (χ4n) is 2.48. The highest BCUT2D eigenvalue weighted by Gasteiger charge is 2.44. The summed E-state index contributed by atoms with van der Waals surface area (Å²) < 4.78 is 6.92. The summed E-state index contributed by atoms with van der Waals surface area (Å²) in [5.41, 5.74) is 9.18. The number of ether oxygens (including phenoxy) is 1. The van der Waals surface area contributed by atoms with E-state index in [-0.39, 0.29) is 11.8 Å². The third kappa shape index (κ3) is 2.78. The molecule has 1 fully saturated rings. The van der Waals surface area contributed by atoms with E-state index in [1.54, 1.807) is 6.21 Å². The summed E-state index contributed by atoms with van der Waals surface area (Å²) in [6.45, 7) is 1.51. The summed E-state index contributed by atoms with van der Waals surface area (Å²) in [4.78, 5) is 12.4. The number of imidazole rings is 1. The molecule has 1 aliphatic rings. The van der Waals surface area contributed by atoms with Gasteiger partial charge >= 0.3 is 0 Å². The third-order valence-electron chi connectivity index (χ3n) is 3.68. The van der Waals surface area contributed by atoms with E-state index in [1.807, 2.05) is 6.92 Å². The lowest BCUT2D eigenvalue weighted by molar-refractivity contribution is -0.0511. The number of aliphatic hydroxyl groups is 3. The smallest absolute Gasteiger partial charge is 0.247 e. The van der Waals surface area contributed by atoms with Gasteiger partial charge in [-0.05, 0) is 6.42 Å². The van der Waals surface area contributed by atoms with Gasteiger partial charge in [0.15, 0.2) is 17.7 Å². The van der Waals surface area contributed by atoms with Crippen LogP contribution in [0.2, 0.25) is 0 Å². The molecule has 0 unspecified atom stereocenters. The van der Waals surface area contributed by atoms with Crippen LogP contribution >= 0.6 is 0 Å². The second-order valence-electron chi connectivity index (χ2n) is 5.32. The van der Waals surface area contributed by atoms with E-state index in [9.17, 15) is 15.3 Å². The summed E-state index contributed by atoms with van der Waals surface area (Å²) in [6.07, 6.45) is -0.543. The summed E-state index contributed by atoms with van der Waals surface area (Å²) >= 11 is 0. The molecular formula is C13H19N7O4. The van der Waals surface area contributed by atoms with Crippen molar-refractivity contribution >= 4 is 29.1 Å². The molecular weight excluding hydrogens is 318 g/mol. The van der Waals surface area contributed by atoms with Crippen LogP contribution in [0.25, 0.3) is 11.2 Å². The summed E-state index contributed by atoms with van der Waals surface area (Å²) in [7, 11) is 0. The standard InChI is InChI=1S/C13H19N7O4/c1-2-3-16-19-13-17-10(14)7-11(18-13)20(5-15-7)12-9(23)8(22)6(4-21)24-12/h3,5-6,8-9,12,21-23H,2,4H2,1H3,(H3,14,17,18,19)/b16-3+/t6-,8-,9-,12-/m1/s1. The van der Waals surface area contributed by atoms with Crippen molar-refractivity contribution in [2.75, 3.05) is 17.8 Å². The van der Waals surface area contributed by atoms with Gasteiger partial charge in [-0.25, -0.2) is 10.4 Å². The summed E-state index contributed by atoms with van der Waals surface area (Å²) in [5, 5.41) is 33.2. The Labute approximate surface area is 136 Å². The molecule has 0 saturated carbocycles. The monoisotopic (exact) mass is 337 g/mol. The zero-order chi connectivity index (χ0) is 17.3. The number of anilines is 2. The number of aromatic nitrogens is 4. The van der Waals surface area contributed by atoms with Gasteiger partial charge in [0, 0.05) is 6.21 Å². The Kier molecular flexibility index (Phi) is 4.57. The number of aliphatic hydroxyl groups excluding tert-OH is 3. The molecule has 11 nitrogen and oxygen atoms in total. The molecule has 4 atom stereocenters. The van der Waals surface area contributed by atoms with Crippen molar-refractivity contribution in [2.24, 2.45) is 5.10 Å². The first-order valence-electron chi connectivity index (χ1n) is 7.46. The molecule has 6 N–H and O–H groups in total. The first-order valence-corrected chi connectivity index (χ1v) is 7.46. The van der Waals surface area contributed by atoms with Crippen molar-refractivity contribution in [2.45, 2.75) is 37.9 Å². The highest BCUT2D eigenvalue weighted by atomic mass is 16.6. The summed E-state index contributed by atoms with van der Waals surface area (Å²) in [6, 6.07) is 0. The molecule has 3 heterocycles. The largest absolute Gasteiger partial charge is 0.394 e. The van der Waals surface area contributed by atoms with Crippen molar-refractivity contribution in [3.63, 3.8) is 0 Å². The van der Waals surface area contributed by atoms with Gasteiger partial charge in [-0.2, -0.15) is 15.1 Å². The van der Waals surface area contributed by atoms with Gasteiger partial charge in [-0.1, -0.05) is 6.92 Å². The van der Waals surface area contributed by atoms with Crippen molar-refractivity contribution in [1.82, 2.24) is 19.5 Å². The quantitative estimate of drug-likeness (QED) is 0.334. The number of nitrogen functional groups attached to an aromatic ring is 1. The molecule has 0 amide bonds. The van der Waals surface area contributed by atoms with E-state index in [4.69, 9.17) is 10.5 Å². The summed E-state index contributed by atoms with van der Waals surface area (Å²) in [5.74, 6) is 0.304. The van der Waals surface area contributed by atoms with Crippen LogP contribution < -0.4 is 11.2 Å². The van der Waals surface area contributed by atoms with Gasteiger partial charge < -0.3 is 25.8 Å². The SMILES string of the molecule is CC/C=N/Nc1nc(N)c2ncn([C@@H]3O[C@H](CO)[C@@H](O)[C@H]3O)c2n1. The molecule has 0 radical (unpaired) electrons. The zero-order valence-corrected chi connectivity index (χ0v) is 12.9. The van der Waals surface area contributed by atoms with Gasteiger partial charge in [0.05, 0.1) is 12.9 Å². The molecule has 11 heteroatoms. The van der Waals surface area contributed by atoms with E-state index in [2.05, 4.69) is 25.5 Å². The highest BCUT2D eigenvalue weighted by Crippen LogP contribution is 2.32. The molecule has 0 bridgehead atoms. The lowest BCUT2D eigenvalue weighted by Gasteiger charge is -2.16. The van der Waals surface area contributed by atoms with Crippen LogP contribution in [-0.2, 0) is 4.74 Å². The van der Waals surface area contributed by atoms with Crippen LogP contribution in [0, 0.1) is 0 Å². The molecule has 0 aliphatic carbocycles. The Hall–Kier alpha value is -2.34. The van der Waals surface area contributed by atoms with E-state index in [1.165, 1.54) is 10.9 Å². The van der Waals surface area contributed by atoms with Gasteiger partial charge in [0.2, 0.25) is 5.95 Å². The maximum absolute atomic E-state index is 10.2. The average molecular weight is 337 g/mol. The molecule has 130 valence electrons. The van der Waals surface area contributed by atoms with Crippen LogP contribution in [0.1, 0.15) is 19.6 Å². The van der Waals surface area contributed by atoms with Gasteiger partial charge in [-0.15, -0.1) is 0 Å². The molecule has 0 aromatic carbocycles. The number of nitrogens with two attached hydrogens (primary N) is 1. The topological polar surface area (TPSA) is 164 Å². The highest BCUT2D eigenvalue weighted by molar-refractivity contribution is 5.83. The van der Waals surface area contributed by atoms with Crippen molar-refractivity contribution in [3.8, 4) is 0 Å². The minimum Gasteiger partial charge on any atom is -0.394 e. The van der Waals surface area contributed by atoms with Crippen LogP contribution in [-0.4, -0.2) is 66.0 Å². The lowest BCUT2D eigenvalue weighted by Crippen LogP contribution is -2.33. The molecule has 3 rings (SSSR count). The predicted molar refractivity (Wildman–Crippen MR) is 85.2 cm³/mol. The maximum atomic E-state index is 10.2. The number of hydrogen-bond acceptors (Lipinski definition) is 10. The Morgan fingerprint density at radius 3 is 2.88 bits per heavy atom. The van der Waals surface area contributed by atoms with Crippen molar-refractivity contribution in [1.29, 1.82) is 0 Å². The van der Waals surface area contributed by atoms with Crippen LogP contribution in [0.15, 0.2) is 11.4 Å². The van der Waals surface area contributed by atoms with Crippen molar-refractivity contribution in [3.05, 3.63) is 6.33 Å². The normalized spacial score (nSPS) is 27.3. The second kappa shape index (κ2) is 6.65. The van der Waals surface area contributed by atoms with E-state index in [0.717, 1.165) is 6.42 Å². The number of nitrogens with zero attached hydrogens (tertiary/aromatic N) is 5. The van der Waals surface area contributed by atoms with E-state index >= 15 is 0 Å². The Balaban J connectivity index is 1.98. The fraction of sp³-hybridized carbons (Fsp3) is 0.538. The maximum Gasteiger partial charge on any atom is 0.247 e. The van der Waals surface area contributed by atoms with Crippen LogP contribution in [0.3, 0.4) is 0 Å². The number of hydrazone groups is 1. The Bertz CT molecular complexity index is 749. The van der Waals surface area contributed by atoms with Crippen LogP contribution in [0.5, 0.6) is 0 Å². The minimum atomic E-state index is -1.25. The number of fused-ring (bicyclic) bond motifs is 1. The minimum absolute atomic E-state index is 0.139. The molecule has 2 aromatic rings.